The van der Waals surface area contributed by atoms with Gasteiger partial charge in [-0.05, 0) is 23.8 Å². The normalized spacial score (nSPS) is 24.9. The summed E-state index contributed by atoms with van der Waals surface area (Å²) in [5.74, 6) is 1.19. The number of hydrogen-bond acceptors (Lipinski definition) is 6. The number of pyridine rings is 1. The molecule has 1 aliphatic heterocycles. The number of carbonyl (C=O) groups is 1. The summed E-state index contributed by atoms with van der Waals surface area (Å²) in [5, 5.41) is 7.59. The minimum atomic E-state index is -0.329. The first-order valence-corrected chi connectivity index (χ1v) is 8.15. The number of furan rings is 1. The molecule has 7 nitrogen and oxygen atoms in total. The molecule has 0 radical (unpaired) electrons. The number of anilines is 1. The minimum Gasteiger partial charge on any atom is -0.469 e. The van der Waals surface area contributed by atoms with Crippen LogP contribution in [0.5, 0.6) is 0 Å². The molecule has 7 heteroatoms. The lowest BCUT2D eigenvalue weighted by Gasteiger charge is -2.37. The van der Waals surface area contributed by atoms with Crippen LogP contribution in [0.25, 0.3) is 0 Å². The highest BCUT2D eigenvalue weighted by molar-refractivity contribution is 5.88. The van der Waals surface area contributed by atoms with Crippen molar-refractivity contribution in [1.29, 1.82) is 0 Å². The molecule has 3 aromatic rings. The number of carbonyl (C=O) groups excluding carboxylic acids is 1. The summed E-state index contributed by atoms with van der Waals surface area (Å²) in [4.78, 5) is 21.5. The molecule has 0 saturated carbocycles. The number of hydrogen-bond donors (Lipinski definition) is 1. The lowest BCUT2D eigenvalue weighted by atomic mass is 9.77. The average molecular weight is 333 g/mol. The van der Waals surface area contributed by atoms with E-state index in [2.05, 4.69) is 26.5 Å². The largest absolute Gasteiger partial charge is 0.469 e. The van der Waals surface area contributed by atoms with E-state index in [0.717, 1.165) is 17.0 Å². The van der Waals surface area contributed by atoms with Gasteiger partial charge >= 0.3 is 0 Å². The summed E-state index contributed by atoms with van der Waals surface area (Å²) in [6.07, 6.45) is 9.12. The van der Waals surface area contributed by atoms with Crippen molar-refractivity contribution in [3.05, 3.63) is 72.3 Å². The highest BCUT2D eigenvalue weighted by atomic mass is 16.3. The van der Waals surface area contributed by atoms with Crippen molar-refractivity contribution in [2.45, 2.75) is 18.4 Å². The van der Waals surface area contributed by atoms with E-state index in [1.165, 1.54) is 6.33 Å². The summed E-state index contributed by atoms with van der Waals surface area (Å²) in [6, 6.07) is 7.34. The molecule has 5 rings (SSSR count). The SMILES string of the molecule is O=C1C[C@H](c2ccco2)C=C2Nc3ncnn3[C@H](c3cccnc3)[C@@H]12. The molecule has 25 heavy (non-hydrogen) atoms. The highest BCUT2D eigenvalue weighted by Gasteiger charge is 2.43. The standard InChI is InChI=1S/C18H15N5O2/c24-14-8-12(15-4-2-6-25-15)7-13-16(14)17(11-3-1-5-19-9-11)23-18(22-13)20-10-21-23/h1-7,9-10,12,16-17H,8H2,(H,20,21,22)/t12-,16-,17-/m1/s1. The first kappa shape index (κ1) is 14.2. The molecule has 4 heterocycles. The van der Waals surface area contributed by atoms with Crippen LogP contribution in [0.3, 0.4) is 0 Å². The molecule has 0 unspecified atom stereocenters. The zero-order chi connectivity index (χ0) is 16.8. The molecular weight excluding hydrogens is 318 g/mol. The number of nitrogens with zero attached hydrogens (tertiary/aromatic N) is 4. The van der Waals surface area contributed by atoms with Crippen LogP contribution >= 0.6 is 0 Å². The van der Waals surface area contributed by atoms with Crippen molar-refractivity contribution < 1.29 is 9.21 Å². The predicted octanol–water partition coefficient (Wildman–Crippen LogP) is 2.54. The zero-order valence-electron chi connectivity index (χ0n) is 13.2. The van der Waals surface area contributed by atoms with Gasteiger partial charge in [-0.3, -0.25) is 9.78 Å². The third kappa shape index (κ3) is 2.20. The van der Waals surface area contributed by atoms with Crippen molar-refractivity contribution in [3.63, 3.8) is 0 Å². The van der Waals surface area contributed by atoms with Gasteiger partial charge in [0.1, 0.15) is 17.9 Å². The molecule has 0 amide bonds. The van der Waals surface area contributed by atoms with E-state index in [9.17, 15) is 4.79 Å². The summed E-state index contributed by atoms with van der Waals surface area (Å²) < 4.78 is 7.27. The Hall–Kier alpha value is -3.22. The predicted molar refractivity (Wildman–Crippen MR) is 88.7 cm³/mol. The van der Waals surface area contributed by atoms with Crippen molar-refractivity contribution in [3.8, 4) is 0 Å². The van der Waals surface area contributed by atoms with Crippen molar-refractivity contribution in [1.82, 2.24) is 19.7 Å². The summed E-state index contributed by atoms with van der Waals surface area (Å²) in [6.45, 7) is 0. The fourth-order valence-electron chi connectivity index (χ4n) is 3.75. The molecule has 0 spiro atoms. The van der Waals surface area contributed by atoms with Gasteiger partial charge in [-0.1, -0.05) is 12.1 Å². The van der Waals surface area contributed by atoms with Crippen molar-refractivity contribution in [2.75, 3.05) is 5.32 Å². The first-order valence-electron chi connectivity index (χ1n) is 8.15. The number of rotatable bonds is 2. The summed E-state index contributed by atoms with van der Waals surface area (Å²) >= 11 is 0. The summed E-state index contributed by atoms with van der Waals surface area (Å²) in [5.41, 5.74) is 1.79. The van der Waals surface area contributed by atoms with Gasteiger partial charge in [0, 0.05) is 30.4 Å². The lowest BCUT2D eigenvalue weighted by Crippen LogP contribution is -2.40. The second kappa shape index (κ2) is 5.41. The molecule has 124 valence electrons. The van der Waals surface area contributed by atoms with Gasteiger partial charge in [-0.15, -0.1) is 0 Å². The van der Waals surface area contributed by atoms with E-state index in [1.54, 1.807) is 23.3 Å². The Bertz CT molecular complexity index is 945. The van der Waals surface area contributed by atoms with Gasteiger partial charge in [0.25, 0.3) is 0 Å². The maximum Gasteiger partial charge on any atom is 0.226 e. The fraction of sp³-hybridized carbons (Fsp3) is 0.222. The first-order chi connectivity index (χ1) is 12.3. The van der Waals surface area contributed by atoms with E-state index < -0.39 is 0 Å². The van der Waals surface area contributed by atoms with Crippen LogP contribution in [-0.4, -0.2) is 25.5 Å². The quantitative estimate of drug-likeness (QED) is 0.775. The van der Waals surface area contributed by atoms with E-state index in [1.807, 2.05) is 24.3 Å². The molecule has 0 fully saturated rings. The Morgan fingerprint density at radius 1 is 1.28 bits per heavy atom. The van der Waals surface area contributed by atoms with Gasteiger partial charge < -0.3 is 9.73 Å². The molecular formula is C18H15N5O2. The van der Waals surface area contributed by atoms with E-state index in [-0.39, 0.29) is 23.7 Å². The minimum absolute atomic E-state index is 0.0646. The van der Waals surface area contributed by atoms with E-state index in [0.29, 0.717) is 12.4 Å². The smallest absolute Gasteiger partial charge is 0.226 e. The van der Waals surface area contributed by atoms with Crippen molar-refractivity contribution >= 4 is 11.7 Å². The van der Waals surface area contributed by atoms with Gasteiger partial charge in [0.15, 0.2) is 0 Å². The number of nitrogens with one attached hydrogen (secondary N) is 1. The number of aromatic nitrogens is 4. The van der Waals surface area contributed by atoms with Crippen LogP contribution in [0.15, 0.2) is 65.4 Å². The third-order valence-electron chi connectivity index (χ3n) is 4.83. The van der Waals surface area contributed by atoms with Crippen LogP contribution in [0.4, 0.5) is 5.95 Å². The van der Waals surface area contributed by atoms with Gasteiger partial charge in [0.2, 0.25) is 5.95 Å². The van der Waals surface area contributed by atoms with Crippen LogP contribution in [0.1, 0.15) is 29.7 Å². The lowest BCUT2D eigenvalue weighted by molar-refractivity contribution is -0.123. The highest BCUT2D eigenvalue weighted by Crippen LogP contribution is 2.43. The molecule has 0 saturated heterocycles. The second-order valence-corrected chi connectivity index (χ2v) is 6.28. The molecule has 1 aliphatic carbocycles. The molecule has 0 aromatic carbocycles. The van der Waals surface area contributed by atoms with Crippen LogP contribution < -0.4 is 5.32 Å². The zero-order valence-corrected chi connectivity index (χ0v) is 13.2. The average Bonchev–Trinajstić information content (AvgIpc) is 3.32. The Kier molecular flexibility index (Phi) is 3.06. The maximum absolute atomic E-state index is 13.0. The van der Waals surface area contributed by atoms with Crippen LogP contribution in [-0.2, 0) is 4.79 Å². The third-order valence-corrected chi connectivity index (χ3v) is 4.83. The number of fused-ring (bicyclic) bond motifs is 2. The van der Waals surface area contributed by atoms with Gasteiger partial charge in [-0.2, -0.15) is 10.1 Å². The Morgan fingerprint density at radius 2 is 2.24 bits per heavy atom. The van der Waals surface area contributed by atoms with Gasteiger partial charge in [0.05, 0.1) is 18.2 Å². The molecule has 2 aliphatic rings. The Labute approximate surface area is 143 Å². The molecule has 3 aromatic heterocycles. The number of Topliss-reactive ketones (excluding diaryl/α,β-unsaturated/α-hetero) is 1. The van der Waals surface area contributed by atoms with Gasteiger partial charge in [-0.25, -0.2) is 4.68 Å². The monoisotopic (exact) mass is 333 g/mol. The number of allylic oxidation sites excluding steroid dienone is 2. The molecule has 0 bridgehead atoms. The second-order valence-electron chi connectivity index (χ2n) is 6.28. The molecule has 1 N–H and O–H groups in total. The van der Waals surface area contributed by atoms with Crippen LogP contribution in [0, 0.1) is 5.92 Å². The summed E-state index contributed by atoms with van der Waals surface area (Å²) in [7, 11) is 0. The number of ketones is 1. The van der Waals surface area contributed by atoms with E-state index in [4.69, 9.17) is 4.42 Å². The topological polar surface area (TPSA) is 85.8 Å². The maximum atomic E-state index is 13.0. The molecule has 3 atom stereocenters. The Morgan fingerprint density at radius 3 is 3.04 bits per heavy atom. The fourth-order valence-corrected chi connectivity index (χ4v) is 3.75. The van der Waals surface area contributed by atoms with Crippen molar-refractivity contribution in [2.24, 2.45) is 5.92 Å². The van der Waals surface area contributed by atoms with Crippen LogP contribution in [0.2, 0.25) is 0 Å². The van der Waals surface area contributed by atoms with E-state index >= 15 is 0 Å². The Balaban J connectivity index is 1.64.